The lowest BCUT2D eigenvalue weighted by atomic mass is 10.1. The number of halogens is 2. The summed E-state index contributed by atoms with van der Waals surface area (Å²) >= 11 is 0. The van der Waals surface area contributed by atoms with Gasteiger partial charge in [-0.2, -0.15) is 0 Å². The average molecular weight is 448 g/mol. The van der Waals surface area contributed by atoms with E-state index in [-0.39, 0.29) is 29.8 Å². The number of aliphatic imine (C=N–C) groups is 1. The highest BCUT2D eigenvalue weighted by atomic mass is 127. The molecule has 0 saturated carbocycles. The number of hydrogen-bond donors (Lipinski definition) is 2. The Morgan fingerprint density at radius 3 is 2.83 bits per heavy atom. The van der Waals surface area contributed by atoms with Gasteiger partial charge in [-0.3, -0.25) is 4.99 Å². The Balaban J connectivity index is 0.00000288. The van der Waals surface area contributed by atoms with Crippen molar-refractivity contribution in [2.24, 2.45) is 10.9 Å². The Morgan fingerprint density at radius 1 is 1.38 bits per heavy atom. The molecule has 1 unspecified atom stereocenters. The summed E-state index contributed by atoms with van der Waals surface area (Å²) in [5.74, 6) is 1.34. The number of aryl methyl sites for hydroxylation is 1. The van der Waals surface area contributed by atoms with Gasteiger partial charge in [-0.25, -0.2) is 4.39 Å². The zero-order valence-corrected chi connectivity index (χ0v) is 17.3. The van der Waals surface area contributed by atoms with Crippen molar-refractivity contribution in [3.8, 4) is 0 Å². The van der Waals surface area contributed by atoms with Crippen LogP contribution in [-0.2, 0) is 6.54 Å². The van der Waals surface area contributed by atoms with E-state index in [0.717, 1.165) is 18.1 Å². The summed E-state index contributed by atoms with van der Waals surface area (Å²) in [6, 6.07) is 5.20. The third kappa shape index (κ3) is 6.55. The van der Waals surface area contributed by atoms with Gasteiger partial charge in [0.1, 0.15) is 5.82 Å². The Bertz CT molecular complexity index is 536. The number of guanidine groups is 1. The van der Waals surface area contributed by atoms with Crippen LogP contribution < -0.4 is 10.6 Å². The highest BCUT2D eigenvalue weighted by molar-refractivity contribution is 14.0. The molecule has 1 aliphatic heterocycles. The van der Waals surface area contributed by atoms with Crippen molar-refractivity contribution in [1.29, 1.82) is 0 Å². The van der Waals surface area contributed by atoms with E-state index in [0.29, 0.717) is 18.0 Å². The summed E-state index contributed by atoms with van der Waals surface area (Å²) in [6.07, 6.45) is 2.47. The fourth-order valence-electron chi connectivity index (χ4n) is 3.06. The molecule has 1 fully saturated rings. The van der Waals surface area contributed by atoms with E-state index in [1.165, 1.54) is 38.5 Å². The average Bonchev–Trinajstić information content (AvgIpc) is 2.99. The highest BCUT2D eigenvalue weighted by Gasteiger charge is 2.21. The SMILES string of the molecule is CCCN1CCC(CNC(=NC)NCc2ccc(F)c(C)c2)C1.I. The largest absolute Gasteiger partial charge is 0.356 e. The number of nitrogens with one attached hydrogen (secondary N) is 2. The second kappa shape index (κ2) is 10.9. The topological polar surface area (TPSA) is 39.7 Å². The lowest BCUT2D eigenvalue weighted by Gasteiger charge is -2.17. The number of likely N-dealkylation sites (tertiary alicyclic amines) is 1. The van der Waals surface area contributed by atoms with E-state index in [1.807, 2.05) is 12.1 Å². The molecule has 0 aromatic heterocycles. The van der Waals surface area contributed by atoms with E-state index in [2.05, 4.69) is 27.4 Å². The molecule has 2 N–H and O–H groups in total. The fraction of sp³-hybridized carbons (Fsp3) is 0.611. The molecule has 1 atom stereocenters. The second-order valence-electron chi connectivity index (χ2n) is 6.35. The standard InChI is InChI=1S/C18H29FN4.HI/c1-4-8-23-9-7-16(13-23)12-22-18(20-3)21-11-15-5-6-17(19)14(2)10-15;/h5-6,10,16H,4,7-9,11-13H2,1-3H3,(H2,20,21,22);1H. The second-order valence-corrected chi connectivity index (χ2v) is 6.35. The van der Waals surface area contributed by atoms with Crippen LogP contribution in [0, 0.1) is 18.7 Å². The van der Waals surface area contributed by atoms with Crippen molar-refractivity contribution >= 4 is 29.9 Å². The minimum absolute atomic E-state index is 0. The Kier molecular flexibility index (Phi) is 9.58. The van der Waals surface area contributed by atoms with Crippen molar-refractivity contribution in [2.75, 3.05) is 33.2 Å². The van der Waals surface area contributed by atoms with Crippen molar-refractivity contribution in [2.45, 2.75) is 33.2 Å². The van der Waals surface area contributed by atoms with Gasteiger partial charge in [-0.15, -0.1) is 24.0 Å². The molecule has 2 rings (SSSR count). The lowest BCUT2D eigenvalue weighted by Crippen LogP contribution is -2.40. The van der Waals surface area contributed by atoms with Gasteiger partial charge in [-0.05, 0) is 56.0 Å². The van der Waals surface area contributed by atoms with Crippen LogP contribution in [-0.4, -0.2) is 44.1 Å². The molecule has 0 spiro atoms. The Labute approximate surface area is 162 Å². The van der Waals surface area contributed by atoms with Crippen LogP contribution in [0.3, 0.4) is 0 Å². The summed E-state index contributed by atoms with van der Waals surface area (Å²) in [4.78, 5) is 6.80. The van der Waals surface area contributed by atoms with Crippen LogP contribution in [0.15, 0.2) is 23.2 Å². The smallest absolute Gasteiger partial charge is 0.191 e. The maximum atomic E-state index is 13.3. The number of nitrogens with zero attached hydrogens (tertiary/aromatic N) is 2. The van der Waals surface area contributed by atoms with Crippen LogP contribution in [0.5, 0.6) is 0 Å². The lowest BCUT2D eigenvalue weighted by molar-refractivity contribution is 0.324. The molecule has 0 aliphatic carbocycles. The molecule has 136 valence electrons. The number of hydrogen-bond acceptors (Lipinski definition) is 2. The minimum Gasteiger partial charge on any atom is -0.356 e. The molecule has 0 radical (unpaired) electrons. The van der Waals surface area contributed by atoms with Crippen LogP contribution in [0.25, 0.3) is 0 Å². The molecule has 1 heterocycles. The van der Waals surface area contributed by atoms with Crippen LogP contribution in [0.2, 0.25) is 0 Å². The van der Waals surface area contributed by atoms with Gasteiger partial charge in [0.25, 0.3) is 0 Å². The molecular weight excluding hydrogens is 418 g/mol. The van der Waals surface area contributed by atoms with Crippen molar-refractivity contribution in [3.05, 3.63) is 35.1 Å². The van der Waals surface area contributed by atoms with E-state index >= 15 is 0 Å². The van der Waals surface area contributed by atoms with Gasteiger partial charge in [0.2, 0.25) is 0 Å². The zero-order chi connectivity index (χ0) is 16.7. The molecule has 0 amide bonds. The third-order valence-electron chi connectivity index (χ3n) is 4.37. The summed E-state index contributed by atoms with van der Waals surface area (Å²) in [5, 5.41) is 6.70. The maximum absolute atomic E-state index is 13.3. The summed E-state index contributed by atoms with van der Waals surface area (Å²) in [7, 11) is 1.78. The quantitative estimate of drug-likeness (QED) is 0.399. The van der Waals surface area contributed by atoms with Crippen LogP contribution in [0.1, 0.15) is 30.9 Å². The third-order valence-corrected chi connectivity index (χ3v) is 4.37. The summed E-state index contributed by atoms with van der Waals surface area (Å²) < 4.78 is 13.3. The normalized spacial score (nSPS) is 18.3. The minimum atomic E-state index is -0.158. The van der Waals surface area contributed by atoms with E-state index in [4.69, 9.17) is 0 Å². The molecule has 1 saturated heterocycles. The van der Waals surface area contributed by atoms with Gasteiger partial charge >= 0.3 is 0 Å². The first-order valence-electron chi connectivity index (χ1n) is 8.54. The summed E-state index contributed by atoms with van der Waals surface area (Å²) in [5.41, 5.74) is 1.73. The van der Waals surface area contributed by atoms with Crippen molar-refractivity contribution < 1.29 is 4.39 Å². The number of benzene rings is 1. The van der Waals surface area contributed by atoms with Gasteiger partial charge < -0.3 is 15.5 Å². The van der Waals surface area contributed by atoms with Gasteiger partial charge in [0.15, 0.2) is 5.96 Å². The first kappa shape index (κ1) is 21.2. The first-order valence-corrected chi connectivity index (χ1v) is 8.54. The molecular formula is C18H30FIN4. The fourth-order valence-corrected chi connectivity index (χ4v) is 3.06. The molecule has 0 bridgehead atoms. The van der Waals surface area contributed by atoms with Gasteiger partial charge in [0, 0.05) is 26.7 Å². The highest BCUT2D eigenvalue weighted by Crippen LogP contribution is 2.15. The molecule has 6 heteroatoms. The molecule has 1 aromatic rings. The first-order chi connectivity index (χ1) is 11.1. The monoisotopic (exact) mass is 448 g/mol. The van der Waals surface area contributed by atoms with Crippen molar-refractivity contribution in [1.82, 2.24) is 15.5 Å². The molecule has 4 nitrogen and oxygen atoms in total. The van der Waals surface area contributed by atoms with E-state index < -0.39 is 0 Å². The number of rotatable bonds is 6. The zero-order valence-electron chi connectivity index (χ0n) is 14.9. The Hall–Kier alpha value is -0.890. The Morgan fingerprint density at radius 2 is 2.17 bits per heavy atom. The molecule has 1 aromatic carbocycles. The van der Waals surface area contributed by atoms with Crippen LogP contribution in [0.4, 0.5) is 4.39 Å². The maximum Gasteiger partial charge on any atom is 0.191 e. The predicted molar refractivity (Wildman–Crippen MR) is 110 cm³/mol. The van der Waals surface area contributed by atoms with Crippen LogP contribution >= 0.6 is 24.0 Å². The van der Waals surface area contributed by atoms with E-state index in [9.17, 15) is 4.39 Å². The van der Waals surface area contributed by atoms with Gasteiger partial charge in [-0.1, -0.05) is 19.1 Å². The van der Waals surface area contributed by atoms with E-state index in [1.54, 1.807) is 14.0 Å². The molecule has 24 heavy (non-hydrogen) atoms. The summed E-state index contributed by atoms with van der Waals surface area (Å²) in [6.45, 7) is 9.20. The van der Waals surface area contributed by atoms with Crippen molar-refractivity contribution in [3.63, 3.8) is 0 Å². The van der Waals surface area contributed by atoms with Gasteiger partial charge in [0.05, 0.1) is 0 Å². The predicted octanol–water partition coefficient (Wildman–Crippen LogP) is 3.15. The molecule has 1 aliphatic rings.